The second-order valence-electron chi connectivity index (χ2n) is 2.85. The molecule has 0 bridgehead atoms. The van der Waals surface area contributed by atoms with Crippen LogP contribution < -0.4 is 5.73 Å². The summed E-state index contributed by atoms with van der Waals surface area (Å²) in [5, 5.41) is 0. The number of halogens is 1. The van der Waals surface area contributed by atoms with E-state index in [0.29, 0.717) is 6.61 Å². The molecule has 0 spiro atoms. The second-order valence-corrected chi connectivity index (χ2v) is 2.85. The quantitative estimate of drug-likeness (QED) is 0.706. The molecule has 0 saturated heterocycles. The molecule has 13 heavy (non-hydrogen) atoms. The Morgan fingerprint density at radius 1 is 1.38 bits per heavy atom. The third-order valence-electron chi connectivity index (χ3n) is 1.93. The van der Waals surface area contributed by atoms with Gasteiger partial charge in [-0.1, -0.05) is 12.1 Å². The van der Waals surface area contributed by atoms with Crippen LogP contribution in [0.2, 0.25) is 0 Å². The smallest absolute Gasteiger partial charge is 0.282 e. The molecule has 0 radical (unpaired) electrons. The van der Waals surface area contributed by atoms with Crippen molar-refractivity contribution >= 4 is 6.02 Å². The third-order valence-corrected chi connectivity index (χ3v) is 1.93. The van der Waals surface area contributed by atoms with Crippen LogP contribution in [0.1, 0.15) is 11.6 Å². The minimum atomic E-state index is -0.250. The van der Waals surface area contributed by atoms with Crippen LogP contribution in [0, 0.1) is 5.82 Å². The third kappa shape index (κ3) is 1.61. The fourth-order valence-electron chi connectivity index (χ4n) is 1.25. The number of benzene rings is 1. The molecule has 1 aromatic rings. The number of nitrogens with zero attached hydrogens (tertiary/aromatic N) is 1. The molecule has 1 aliphatic heterocycles. The van der Waals surface area contributed by atoms with Gasteiger partial charge in [0.2, 0.25) is 0 Å². The molecule has 1 aromatic carbocycles. The van der Waals surface area contributed by atoms with Crippen molar-refractivity contribution in [3.63, 3.8) is 0 Å². The molecule has 1 aliphatic rings. The first-order chi connectivity index (χ1) is 6.25. The lowest BCUT2D eigenvalue weighted by Gasteiger charge is -2.03. The van der Waals surface area contributed by atoms with E-state index in [-0.39, 0.29) is 17.9 Å². The van der Waals surface area contributed by atoms with Gasteiger partial charge in [-0.2, -0.15) is 0 Å². The van der Waals surface area contributed by atoms with Gasteiger partial charge in [0.05, 0.1) is 0 Å². The van der Waals surface area contributed by atoms with E-state index in [1.807, 2.05) is 0 Å². The molecule has 0 unspecified atom stereocenters. The number of hydrogen-bond donors (Lipinski definition) is 1. The summed E-state index contributed by atoms with van der Waals surface area (Å²) >= 11 is 0. The van der Waals surface area contributed by atoms with Gasteiger partial charge in [-0.3, -0.25) is 0 Å². The van der Waals surface area contributed by atoms with Crippen molar-refractivity contribution in [2.45, 2.75) is 6.04 Å². The highest BCUT2D eigenvalue weighted by Gasteiger charge is 2.18. The van der Waals surface area contributed by atoms with Gasteiger partial charge in [0.1, 0.15) is 18.5 Å². The standard InChI is InChI=1S/C9H9FN2O/c10-7-3-1-6(2-4-7)8-5-13-9(11)12-8/h1-4,8H,5H2,(H2,11,12)/t8-/m0/s1. The number of hydrogen-bond acceptors (Lipinski definition) is 3. The maximum atomic E-state index is 12.6. The van der Waals surface area contributed by atoms with E-state index < -0.39 is 0 Å². The molecule has 2 rings (SSSR count). The Labute approximate surface area is 75.0 Å². The zero-order chi connectivity index (χ0) is 9.26. The average molecular weight is 180 g/mol. The summed E-state index contributed by atoms with van der Waals surface area (Å²) in [6.45, 7) is 0.442. The summed E-state index contributed by atoms with van der Waals surface area (Å²) in [6, 6.07) is 6.30. The van der Waals surface area contributed by atoms with Crippen LogP contribution >= 0.6 is 0 Å². The highest BCUT2D eigenvalue weighted by atomic mass is 19.1. The van der Waals surface area contributed by atoms with Gasteiger partial charge >= 0.3 is 0 Å². The summed E-state index contributed by atoms with van der Waals surface area (Å²) in [6.07, 6.45) is 0. The van der Waals surface area contributed by atoms with Crippen molar-refractivity contribution in [1.29, 1.82) is 0 Å². The largest absolute Gasteiger partial charge is 0.463 e. The predicted molar refractivity (Wildman–Crippen MR) is 46.7 cm³/mol. The molecule has 0 aliphatic carbocycles. The van der Waals surface area contributed by atoms with E-state index in [1.54, 1.807) is 12.1 Å². The van der Waals surface area contributed by atoms with Gasteiger partial charge in [-0.05, 0) is 17.7 Å². The normalized spacial score (nSPS) is 21.0. The number of nitrogens with two attached hydrogens (primary N) is 1. The summed E-state index contributed by atoms with van der Waals surface area (Å²) in [4.78, 5) is 4.04. The molecular weight excluding hydrogens is 171 g/mol. The average Bonchev–Trinajstić information content (AvgIpc) is 2.53. The van der Waals surface area contributed by atoms with Crippen molar-refractivity contribution in [3.8, 4) is 0 Å². The van der Waals surface area contributed by atoms with Gasteiger partial charge in [-0.15, -0.1) is 0 Å². The topological polar surface area (TPSA) is 47.6 Å². The monoisotopic (exact) mass is 180 g/mol. The van der Waals surface area contributed by atoms with E-state index in [9.17, 15) is 4.39 Å². The maximum absolute atomic E-state index is 12.6. The molecule has 3 nitrogen and oxygen atoms in total. The SMILES string of the molecule is NC1=N[C@H](c2ccc(F)cc2)CO1. The highest BCUT2D eigenvalue weighted by Crippen LogP contribution is 2.21. The molecule has 1 heterocycles. The summed E-state index contributed by atoms with van der Waals surface area (Å²) in [5.41, 5.74) is 6.26. The number of rotatable bonds is 1. The molecule has 0 aromatic heterocycles. The lowest BCUT2D eigenvalue weighted by atomic mass is 10.1. The first-order valence-electron chi connectivity index (χ1n) is 3.97. The van der Waals surface area contributed by atoms with Gasteiger partial charge in [0, 0.05) is 0 Å². The molecule has 0 saturated carbocycles. The Kier molecular flexibility index (Phi) is 1.88. The van der Waals surface area contributed by atoms with Crippen LogP contribution in [0.3, 0.4) is 0 Å². The van der Waals surface area contributed by atoms with E-state index in [0.717, 1.165) is 5.56 Å². The van der Waals surface area contributed by atoms with Crippen molar-refractivity contribution in [2.24, 2.45) is 10.7 Å². The van der Waals surface area contributed by atoms with Crippen molar-refractivity contribution in [1.82, 2.24) is 0 Å². The van der Waals surface area contributed by atoms with Gasteiger partial charge in [-0.25, -0.2) is 9.38 Å². The van der Waals surface area contributed by atoms with Crippen LogP contribution in [0.15, 0.2) is 29.3 Å². The zero-order valence-electron chi connectivity index (χ0n) is 6.90. The number of amidine groups is 1. The lowest BCUT2D eigenvalue weighted by Crippen LogP contribution is -2.10. The molecule has 0 fully saturated rings. The fourth-order valence-corrected chi connectivity index (χ4v) is 1.25. The van der Waals surface area contributed by atoms with Gasteiger partial charge in [0.15, 0.2) is 0 Å². The first kappa shape index (κ1) is 8.04. The van der Waals surface area contributed by atoms with Crippen LogP contribution in [0.4, 0.5) is 4.39 Å². The zero-order valence-corrected chi connectivity index (χ0v) is 6.90. The molecule has 68 valence electrons. The van der Waals surface area contributed by atoms with Crippen LogP contribution in [-0.4, -0.2) is 12.6 Å². The Balaban J connectivity index is 2.22. The van der Waals surface area contributed by atoms with Crippen LogP contribution in [0.25, 0.3) is 0 Å². The number of aliphatic imine (C=N–C) groups is 1. The maximum Gasteiger partial charge on any atom is 0.282 e. The fraction of sp³-hybridized carbons (Fsp3) is 0.222. The molecular formula is C9H9FN2O. The Hall–Kier alpha value is -1.58. The highest BCUT2D eigenvalue weighted by molar-refractivity contribution is 5.73. The summed E-state index contributed by atoms with van der Waals surface area (Å²) in [7, 11) is 0. The first-order valence-corrected chi connectivity index (χ1v) is 3.97. The van der Waals surface area contributed by atoms with Crippen molar-refractivity contribution < 1.29 is 9.13 Å². The summed E-state index contributed by atoms with van der Waals surface area (Å²) in [5.74, 6) is -0.250. The van der Waals surface area contributed by atoms with Crippen molar-refractivity contribution in [3.05, 3.63) is 35.6 Å². The molecule has 0 amide bonds. The Morgan fingerprint density at radius 2 is 2.08 bits per heavy atom. The molecule has 1 atom stereocenters. The number of ether oxygens (including phenoxy) is 1. The van der Waals surface area contributed by atoms with Crippen LogP contribution in [0.5, 0.6) is 0 Å². The Morgan fingerprint density at radius 3 is 2.62 bits per heavy atom. The second kappa shape index (κ2) is 3.05. The lowest BCUT2D eigenvalue weighted by molar-refractivity contribution is 0.315. The van der Waals surface area contributed by atoms with E-state index in [1.165, 1.54) is 12.1 Å². The summed E-state index contributed by atoms with van der Waals surface area (Å²) < 4.78 is 17.5. The van der Waals surface area contributed by atoms with E-state index >= 15 is 0 Å². The van der Waals surface area contributed by atoms with E-state index in [4.69, 9.17) is 10.5 Å². The molecule has 4 heteroatoms. The minimum absolute atomic E-state index is 0.0828. The Bertz CT molecular complexity index is 334. The predicted octanol–water partition coefficient (Wildman–Crippen LogP) is 1.21. The van der Waals surface area contributed by atoms with Gasteiger partial charge in [0.25, 0.3) is 6.02 Å². The van der Waals surface area contributed by atoms with E-state index in [2.05, 4.69) is 4.99 Å². The van der Waals surface area contributed by atoms with Gasteiger partial charge < -0.3 is 10.5 Å². The van der Waals surface area contributed by atoms with Crippen molar-refractivity contribution in [2.75, 3.05) is 6.61 Å². The van der Waals surface area contributed by atoms with Crippen LogP contribution in [-0.2, 0) is 4.74 Å². The minimum Gasteiger partial charge on any atom is -0.463 e. The molecule has 2 N–H and O–H groups in total.